The van der Waals surface area contributed by atoms with Crippen molar-refractivity contribution in [2.45, 2.75) is 44.8 Å². The average Bonchev–Trinajstić information content (AvgIpc) is 2.76. The zero-order valence-electron chi connectivity index (χ0n) is 18.1. The summed E-state index contributed by atoms with van der Waals surface area (Å²) in [5.74, 6) is -0.0996. The fraction of sp³-hybridized carbons (Fsp3) is 0.385. The van der Waals surface area contributed by atoms with Gasteiger partial charge in [-0.1, -0.05) is 49.2 Å². The summed E-state index contributed by atoms with van der Waals surface area (Å²) in [6, 6.07) is 19.0. The van der Waals surface area contributed by atoms with Crippen molar-refractivity contribution in [3.63, 3.8) is 0 Å². The van der Waals surface area contributed by atoms with Crippen molar-refractivity contribution < 1.29 is 20.1 Å². The number of aliphatic hydroxyl groups is 1. The molecule has 0 fully saturated rings. The highest BCUT2D eigenvalue weighted by atomic mass is 16.5. The van der Waals surface area contributed by atoms with E-state index in [2.05, 4.69) is 54.7 Å². The van der Waals surface area contributed by atoms with E-state index in [4.69, 9.17) is 4.74 Å². The molecule has 0 heterocycles. The molecule has 3 aromatic carbocycles. The SMILES string of the molecule is CC(OCCCCCCNCC(O)c1cc(O)cc(O)c1)c1ccc2ccccc2c1. The molecule has 0 aliphatic rings. The molecule has 3 rings (SSSR count). The molecule has 0 radical (unpaired) electrons. The fourth-order valence-electron chi connectivity index (χ4n) is 3.69. The predicted molar refractivity (Wildman–Crippen MR) is 124 cm³/mol. The van der Waals surface area contributed by atoms with Crippen molar-refractivity contribution in [1.82, 2.24) is 5.32 Å². The third-order valence-corrected chi connectivity index (χ3v) is 5.51. The Morgan fingerprint density at radius 1 is 0.806 bits per heavy atom. The van der Waals surface area contributed by atoms with Gasteiger partial charge in [-0.05, 0) is 66.4 Å². The van der Waals surface area contributed by atoms with E-state index in [-0.39, 0.29) is 17.6 Å². The maximum atomic E-state index is 10.1. The van der Waals surface area contributed by atoms with Gasteiger partial charge in [-0.25, -0.2) is 0 Å². The number of aromatic hydroxyl groups is 2. The topological polar surface area (TPSA) is 82.0 Å². The quantitative estimate of drug-likeness (QED) is 0.301. The van der Waals surface area contributed by atoms with Crippen LogP contribution in [-0.2, 0) is 4.74 Å². The zero-order valence-corrected chi connectivity index (χ0v) is 18.1. The second kappa shape index (κ2) is 11.7. The molecule has 2 unspecified atom stereocenters. The number of fused-ring (bicyclic) bond motifs is 1. The summed E-state index contributed by atoms with van der Waals surface area (Å²) in [5.41, 5.74) is 1.71. The number of unbranched alkanes of at least 4 members (excludes halogenated alkanes) is 3. The molecule has 31 heavy (non-hydrogen) atoms. The maximum absolute atomic E-state index is 10.1. The van der Waals surface area contributed by atoms with Gasteiger partial charge in [-0.3, -0.25) is 0 Å². The van der Waals surface area contributed by atoms with Crippen molar-refractivity contribution in [2.75, 3.05) is 19.7 Å². The van der Waals surface area contributed by atoms with Crippen molar-refractivity contribution >= 4 is 10.8 Å². The van der Waals surface area contributed by atoms with Gasteiger partial charge in [0.2, 0.25) is 0 Å². The minimum absolute atomic E-state index is 0.0498. The Bertz CT molecular complexity index is 939. The first-order valence-corrected chi connectivity index (χ1v) is 11.0. The number of hydrogen-bond acceptors (Lipinski definition) is 5. The molecular formula is C26H33NO4. The third kappa shape index (κ3) is 7.24. The van der Waals surface area contributed by atoms with Gasteiger partial charge >= 0.3 is 0 Å². The Balaban J connectivity index is 1.25. The van der Waals surface area contributed by atoms with Gasteiger partial charge in [0.05, 0.1) is 12.2 Å². The second-order valence-electron chi connectivity index (χ2n) is 8.04. The van der Waals surface area contributed by atoms with E-state index >= 15 is 0 Å². The van der Waals surface area contributed by atoms with Crippen LogP contribution in [0.1, 0.15) is 55.9 Å². The first kappa shape index (κ1) is 23.1. The number of benzene rings is 3. The van der Waals surface area contributed by atoms with Gasteiger partial charge in [-0.2, -0.15) is 0 Å². The van der Waals surface area contributed by atoms with E-state index in [0.717, 1.165) is 38.8 Å². The number of phenolic OH excluding ortho intramolecular Hbond substituents is 2. The minimum atomic E-state index is -0.761. The standard InChI is InChI=1S/C26H33NO4/c1-19(21-11-10-20-8-4-5-9-22(20)14-21)31-13-7-3-2-6-12-27-18-26(30)23-15-24(28)17-25(29)16-23/h4-5,8-11,14-17,19,26-30H,2-3,6-7,12-13,18H2,1H3. The summed E-state index contributed by atoms with van der Waals surface area (Å²) in [6.07, 6.45) is 3.59. The lowest BCUT2D eigenvalue weighted by atomic mass is 10.0. The summed E-state index contributed by atoms with van der Waals surface area (Å²) in [6.45, 7) is 4.05. The van der Waals surface area contributed by atoms with Crippen LogP contribution in [-0.4, -0.2) is 35.0 Å². The number of phenols is 2. The first-order valence-electron chi connectivity index (χ1n) is 11.0. The van der Waals surface area contributed by atoms with Crippen molar-refractivity contribution in [3.05, 3.63) is 71.8 Å². The Labute approximate surface area is 184 Å². The van der Waals surface area contributed by atoms with E-state index in [1.807, 2.05) is 0 Å². The number of ether oxygens (including phenoxy) is 1. The lowest BCUT2D eigenvalue weighted by molar-refractivity contribution is 0.0628. The number of hydrogen-bond donors (Lipinski definition) is 4. The largest absolute Gasteiger partial charge is 0.508 e. The van der Waals surface area contributed by atoms with Crippen LogP contribution in [0.4, 0.5) is 0 Å². The molecule has 0 saturated carbocycles. The summed E-state index contributed by atoms with van der Waals surface area (Å²) in [5, 5.41) is 34.9. The summed E-state index contributed by atoms with van der Waals surface area (Å²) in [4.78, 5) is 0. The smallest absolute Gasteiger partial charge is 0.119 e. The fourth-order valence-corrected chi connectivity index (χ4v) is 3.69. The molecule has 3 aromatic rings. The molecular weight excluding hydrogens is 390 g/mol. The molecule has 0 saturated heterocycles. The van der Waals surface area contributed by atoms with Crippen molar-refractivity contribution in [1.29, 1.82) is 0 Å². The van der Waals surface area contributed by atoms with Crippen LogP contribution in [0, 0.1) is 0 Å². The van der Waals surface area contributed by atoms with E-state index < -0.39 is 6.10 Å². The van der Waals surface area contributed by atoms with Crippen LogP contribution in [0.3, 0.4) is 0 Å². The van der Waals surface area contributed by atoms with E-state index in [9.17, 15) is 15.3 Å². The van der Waals surface area contributed by atoms with E-state index in [1.54, 1.807) is 0 Å². The van der Waals surface area contributed by atoms with Crippen LogP contribution >= 0.6 is 0 Å². The van der Waals surface area contributed by atoms with Crippen LogP contribution in [0.25, 0.3) is 10.8 Å². The predicted octanol–water partition coefficient (Wildman–Crippen LogP) is 5.21. The second-order valence-corrected chi connectivity index (χ2v) is 8.04. The molecule has 0 aromatic heterocycles. The number of nitrogens with one attached hydrogen (secondary N) is 1. The molecule has 0 aliphatic heterocycles. The highest BCUT2D eigenvalue weighted by Gasteiger charge is 2.10. The first-order chi connectivity index (χ1) is 15.0. The monoisotopic (exact) mass is 423 g/mol. The van der Waals surface area contributed by atoms with Gasteiger partial charge in [0.25, 0.3) is 0 Å². The minimum Gasteiger partial charge on any atom is -0.508 e. The lowest BCUT2D eigenvalue weighted by Crippen LogP contribution is -2.22. The van der Waals surface area contributed by atoms with Gasteiger partial charge in [-0.15, -0.1) is 0 Å². The Hall–Kier alpha value is -2.60. The summed E-state index contributed by atoms with van der Waals surface area (Å²) in [7, 11) is 0. The Morgan fingerprint density at radius 3 is 2.29 bits per heavy atom. The van der Waals surface area contributed by atoms with E-state index in [0.29, 0.717) is 12.1 Å². The van der Waals surface area contributed by atoms with Crippen LogP contribution < -0.4 is 5.32 Å². The molecule has 5 heteroatoms. The normalized spacial score (nSPS) is 13.4. The van der Waals surface area contributed by atoms with Crippen LogP contribution in [0.2, 0.25) is 0 Å². The highest BCUT2D eigenvalue weighted by molar-refractivity contribution is 5.83. The number of rotatable bonds is 12. The highest BCUT2D eigenvalue weighted by Crippen LogP contribution is 2.25. The maximum Gasteiger partial charge on any atom is 0.119 e. The molecule has 0 spiro atoms. The zero-order chi connectivity index (χ0) is 22.1. The molecule has 0 bridgehead atoms. The average molecular weight is 424 g/mol. The molecule has 166 valence electrons. The Morgan fingerprint density at radius 2 is 1.52 bits per heavy atom. The van der Waals surface area contributed by atoms with Crippen molar-refractivity contribution in [2.24, 2.45) is 0 Å². The lowest BCUT2D eigenvalue weighted by Gasteiger charge is -2.14. The Kier molecular flexibility index (Phi) is 8.71. The van der Waals surface area contributed by atoms with Gasteiger partial charge in [0.1, 0.15) is 11.5 Å². The molecule has 5 nitrogen and oxygen atoms in total. The van der Waals surface area contributed by atoms with Crippen LogP contribution in [0.5, 0.6) is 11.5 Å². The van der Waals surface area contributed by atoms with Gasteiger partial charge in [0, 0.05) is 19.2 Å². The van der Waals surface area contributed by atoms with Crippen molar-refractivity contribution in [3.8, 4) is 11.5 Å². The molecule has 4 N–H and O–H groups in total. The summed E-state index contributed by atoms with van der Waals surface area (Å²) >= 11 is 0. The third-order valence-electron chi connectivity index (χ3n) is 5.51. The molecule has 2 atom stereocenters. The molecule has 0 aliphatic carbocycles. The van der Waals surface area contributed by atoms with Gasteiger partial charge < -0.3 is 25.4 Å². The van der Waals surface area contributed by atoms with Crippen LogP contribution in [0.15, 0.2) is 60.7 Å². The summed E-state index contributed by atoms with van der Waals surface area (Å²) < 4.78 is 6.01. The van der Waals surface area contributed by atoms with Gasteiger partial charge in [0.15, 0.2) is 0 Å². The van der Waals surface area contributed by atoms with E-state index in [1.165, 1.54) is 34.5 Å². The molecule has 0 amide bonds. The number of aliphatic hydroxyl groups excluding tert-OH is 1.